The molecule has 0 saturated carbocycles. The zero-order valence-electron chi connectivity index (χ0n) is 10.8. The summed E-state index contributed by atoms with van der Waals surface area (Å²) in [4.78, 5) is 4.10. The number of imidazole rings is 1. The molecule has 0 amide bonds. The van der Waals surface area contributed by atoms with Crippen molar-refractivity contribution < 1.29 is 0 Å². The number of rotatable bonds is 4. The molecule has 1 aliphatic heterocycles. The Morgan fingerprint density at radius 1 is 1.25 bits per heavy atom. The van der Waals surface area contributed by atoms with Crippen LogP contribution >= 0.6 is 46.7 Å². The van der Waals surface area contributed by atoms with Gasteiger partial charge in [0.1, 0.15) is 0 Å². The zero-order chi connectivity index (χ0) is 14.0. The number of thioether (sulfide) groups is 2. The van der Waals surface area contributed by atoms with Gasteiger partial charge in [0, 0.05) is 40.5 Å². The van der Waals surface area contributed by atoms with Gasteiger partial charge < -0.3 is 4.57 Å². The second-order valence-electron chi connectivity index (χ2n) is 4.62. The molecule has 1 fully saturated rings. The van der Waals surface area contributed by atoms with Gasteiger partial charge in [0.15, 0.2) is 0 Å². The SMILES string of the molecule is Clc1ccc(C2(CCn3ccnc3)SCCS2)c(Cl)c1. The number of halogens is 2. The molecule has 2 heterocycles. The Bertz CT molecular complexity index is 581. The number of hydrogen-bond acceptors (Lipinski definition) is 3. The second kappa shape index (κ2) is 6.22. The Morgan fingerprint density at radius 3 is 2.70 bits per heavy atom. The molecule has 106 valence electrons. The van der Waals surface area contributed by atoms with Crippen LogP contribution in [-0.4, -0.2) is 21.1 Å². The van der Waals surface area contributed by atoms with Gasteiger partial charge in [0.2, 0.25) is 0 Å². The maximum atomic E-state index is 6.43. The number of benzene rings is 1. The Kier molecular flexibility index (Phi) is 4.55. The summed E-state index contributed by atoms with van der Waals surface area (Å²) < 4.78 is 2.15. The summed E-state index contributed by atoms with van der Waals surface area (Å²) >= 11 is 16.4. The fourth-order valence-corrected chi connectivity index (χ4v) is 6.36. The van der Waals surface area contributed by atoms with Gasteiger partial charge in [-0.25, -0.2) is 4.98 Å². The molecular formula is C14H14Cl2N2S2. The zero-order valence-corrected chi connectivity index (χ0v) is 13.9. The topological polar surface area (TPSA) is 17.8 Å². The minimum Gasteiger partial charge on any atom is -0.337 e. The molecule has 1 aliphatic rings. The Morgan fingerprint density at radius 2 is 2.05 bits per heavy atom. The van der Waals surface area contributed by atoms with E-state index in [9.17, 15) is 0 Å². The van der Waals surface area contributed by atoms with Crippen molar-refractivity contribution in [3.8, 4) is 0 Å². The molecule has 0 atom stereocenters. The van der Waals surface area contributed by atoms with Crippen molar-refractivity contribution in [3.05, 3.63) is 52.5 Å². The number of hydrogen-bond donors (Lipinski definition) is 0. The summed E-state index contributed by atoms with van der Waals surface area (Å²) in [6.45, 7) is 0.943. The first-order chi connectivity index (χ1) is 9.70. The van der Waals surface area contributed by atoms with E-state index in [1.54, 1.807) is 0 Å². The van der Waals surface area contributed by atoms with Gasteiger partial charge in [0.25, 0.3) is 0 Å². The minimum absolute atomic E-state index is 0.0337. The molecule has 1 saturated heterocycles. The average Bonchev–Trinajstić information content (AvgIpc) is 3.08. The predicted octanol–water partition coefficient (Wildman–Crippen LogP) is 4.91. The van der Waals surface area contributed by atoms with E-state index in [1.807, 2.05) is 54.4 Å². The molecule has 0 spiro atoms. The normalized spacial score (nSPS) is 17.5. The van der Waals surface area contributed by atoms with Crippen molar-refractivity contribution in [1.82, 2.24) is 9.55 Å². The molecule has 0 N–H and O–H groups in total. The van der Waals surface area contributed by atoms with E-state index in [4.69, 9.17) is 23.2 Å². The molecule has 3 rings (SSSR count). The first-order valence-corrected chi connectivity index (χ1v) is 9.11. The lowest BCUT2D eigenvalue weighted by Gasteiger charge is -2.29. The molecule has 6 heteroatoms. The van der Waals surface area contributed by atoms with Crippen LogP contribution in [-0.2, 0) is 10.6 Å². The highest BCUT2D eigenvalue weighted by atomic mass is 35.5. The van der Waals surface area contributed by atoms with Crippen LogP contribution < -0.4 is 0 Å². The Hall–Kier alpha value is -0.290. The highest BCUT2D eigenvalue weighted by Crippen LogP contribution is 2.56. The summed E-state index contributed by atoms with van der Waals surface area (Å²) in [6.07, 6.45) is 6.71. The van der Waals surface area contributed by atoms with Crippen molar-refractivity contribution in [2.75, 3.05) is 11.5 Å². The summed E-state index contributed by atoms with van der Waals surface area (Å²) in [7, 11) is 0. The molecule has 0 bridgehead atoms. The third-order valence-corrected chi connectivity index (χ3v) is 7.46. The number of aryl methyl sites for hydroxylation is 1. The quantitative estimate of drug-likeness (QED) is 0.784. The van der Waals surface area contributed by atoms with Gasteiger partial charge in [-0.05, 0) is 24.1 Å². The van der Waals surface area contributed by atoms with Crippen LogP contribution in [0.2, 0.25) is 10.0 Å². The number of nitrogens with zero attached hydrogens (tertiary/aromatic N) is 2. The predicted molar refractivity (Wildman–Crippen MR) is 89.9 cm³/mol. The highest BCUT2D eigenvalue weighted by molar-refractivity contribution is 8.20. The third-order valence-electron chi connectivity index (χ3n) is 3.35. The summed E-state index contributed by atoms with van der Waals surface area (Å²) in [5.74, 6) is 2.32. The van der Waals surface area contributed by atoms with Crippen molar-refractivity contribution in [2.45, 2.75) is 17.0 Å². The lowest BCUT2D eigenvalue weighted by molar-refractivity contribution is 0.614. The minimum atomic E-state index is 0.0337. The lowest BCUT2D eigenvalue weighted by atomic mass is 10.1. The summed E-state index contributed by atoms with van der Waals surface area (Å²) in [5.41, 5.74) is 1.19. The van der Waals surface area contributed by atoms with Crippen LogP contribution in [0.5, 0.6) is 0 Å². The average molecular weight is 345 g/mol. The van der Waals surface area contributed by atoms with Crippen molar-refractivity contribution in [3.63, 3.8) is 0 Å². The van der Waals surface area contributed by atoms with Gasteiger partial charge in [-0.2, -0.15) is 0 Å². The Balaban J connectivity index is 1.87. The van der Waals surface area contributed by atoms with Crippen molar-refractivity contribution >= 4 is 46.7 Å². The highest BCUT2D eigenvalue weighted by Gasteiger charge is 2.38. The standard InChI is InChI=1S/C14H14Cl2N2S2/c15-11-1-2-12(13(16)9-11)14(19-7-8-20-14)3-5-18-6-4-17-10-18/h1-2,4,6,9-10H,3,5,7-8H2. The van der Waals surface area contributed by atoms with E-state index < -0.39 is 0 Å². The molecule has 0 aliphatic carbocycles. The van der Waals surface area contributed by atoms with E-state index >= 15 is 0 Å². The van der Waals surface area contributed by atoms with Crippen LogP contribution in [0.15, 0.2) is 36.9 Å². The smallest absolute Gasteiger partial charge is 0.0945 e. The van der Waals surface area contributed by atoms with E-state index in [-0.39, 0.29) is 4.08 Å². The van der Waals surface area contributed by atoms with Crippen molar-refractivity contribution in [1.29, 1.82) is 0 Å². The van der Waals surface area contributed by atoms with Crippen LogP contribution in [0.1, 0.15) is 12.0 Å². The molecule has 1 aromatic heterocycles. The molecule has 2 aromatic rings. The largest absolute Gasteiger partial charge is 0.337 e. The van der Waals surface area contributed by atoms with E-state index in [2.05, 4.69) is 15.6 Å². The molecular weight excluding hydrogens is 331 g/mol. The van der Waals surface area contributed by atoms with Crippen LogP contribution in [0, 0.1) is 0 Å². The van der Waals surface area contributed by atoms with E-state index in [1.165, 1.54) is 5.56 Å². The maximum absolute atomic E-state index is 6.43. The fourth-order valence-electron chi connectivity index (χ4n) is 2.38. The van der Waals surface area contributed by atoms with Gasteiger partial charge in [-0.3, -0.25) is 0 Å². The monoisotopic (exact) mass is 344 g/mol. The van der Waals surface area contributed by atoms with Gasteiger partial charge in [-0.15, -0.1) is 23.5 Å². The molecule has 0 unspecified atom stereocenters. The van der Waals surface area contributed by atoms with Crippen LogP contribution in [0.3, 0.4) is 0 Å². The van der Waals surface area contributed by atoms with Crippen LogP contribution in [0.4, 0.5) is 0 Å². The molecule has 0 radical (unpaired) electrons. The number of aromatic nitrogens is 2. The summed E-state index contributed by atoms with van der Waals surface area (Å²) in [5, 5.41) is 1.46. The first-order valence-electron chi connectivity index (χ1n) is 6.39. The third kappa shape index (κ3) is 2.98. The van der Waals surface area contributed by atoms with Crippen LogP contribution in [0.25, 0.3) is 0 Å². The molecule has 20 heavy (non-hydrogen) atoms. The molecule has 2 nitrogen and oxygen atoms in total. The van der Waals surface area contributed by atoms with Gasteiger partial charge in [0.05, 0.1) is 10.4 Å². The van der Waals surface area contributed by atoms with Gasteiger partial charge in [-0.1, -0.05) is 29.3 Å². The molecule has 1 aromatic carbocycles. The van der Waals surface area contributed by atoms with Gasteiger partial charge >= 0.3 is 0 Å². The van der Waals surface area contributed by atoms with E-state index in [0.717, 1.165) is 29.5 Å². The van der Waals surface area contributed by atoms with Crippen molar-refractivity contribution in [2.24, 2.45) is 0 Å². The summed E-state index contributed by atoms with van der Waals surface area (Å²) in [6, 6.07) is 5.85. The van der Waals surface area contributed by atoms with E-state index in [0.29, 0.717) is 5.02 Å². The Labute approximate surface area is 137 Å². The maximum Gasteiger partial charge on any atom is 0.0945 e. The fraction of sp³-hybridized carbons (Fsp3) is 0.357. The first kappa shape index (κ1) is 14.6. The lowest BCUT2D eigenvalue weighted by Crippen LogP contribution is -2.18. The second-order valence-corrected chi connectivity index (χ2v) is 8.51.